The number of hydrogen-bond acceptors (Lipinski definition) is 2. The maximum atomic E-state index is 3.72. The van der Waals surface area contributed by atoms with Gasteiger partial charge in [0.25, 0.3) is 0 Å². The quantitative estimate of drug-likeness (QED) is 0.832. The van der Waals surface area contributed by atoms with Crippen LogP contribution in [0.15, 0.2) is 24.3 Å². The molecule has 1 atom stereocenters. The van der Waals surface area contributed by atoms with Gasteiger partial charge in [0.2, 0.25) is 0 Å². The van der Waals surface area contributed by atoms with Crippen molar-refractivity contribution < 1.29 is 0 Å². The van der Waals surface area contributed by atoms with Crippen molar-refractivity contribution in [3.63, 3.8) is 0 Å². The molecule has 2 nitrogen and oxygen atoms in total. The highest BCUT2D eigenvalue weighted by atomic mass is 15.0. The van der Waals surface area contributed by atoms with E-state index in [9.17, 15) is 0 Å². The van der Waals surface area contributed by atoms with Gasteiger partial charge in [0, 0.05) is 25.2 Å². The van der Waals surface area contributed by atoms with Gasteiger partial charge >= 0.3 is 0 Å². The Morgan fingerprint density at radius 1 is 1.12 bits per heavy atom. The average Bonchev–Trinajstić information content (AvgIpc) is 2.89. The summed E-state index contributed by atoms with van der Waals surface area (Å²) in [5.74, 6) is 0. The largest absolute Gasteiger partial charge is 0.312 e. The summed E-state index contributed by atoms with van der Waals surface area (Å²) in [5, 5.41) is 7.36. The Bertz CT molecular complexity index is 369. The summed E-state index contributed by atoms with van der Waals surface area (Å²) in [6, 6.07) is 10.2. The van der Waals surface area contributed by atoms with Crippen LogP contribution >= 0.6 is 0 Å². The second-order valence-electron chi connectivity index (χ2n) is 5.44. The fraction of sp³-hybridized carbons (Fsp3) is 0.600. The van der Waals surface area contributed by atoms with E-state index in [2.05, 4.69) is 34.9 Å². The first-order valence-corrected chi connectivity index (χ1v) is 6.95. The van der Waals surface area contributed by atoms with E-state index in [4.69, 9.17) is 0 Å². The van der Waals surface area contributed by atoms with Crippen LogP contribution in [-0.4, -0.2) is 18.6 Å². The maximum absolute atomic E-state index is 3.72. The molecule has 1 heterocycles. The van der Waals surface area contributed by atoms with E-state index in [1.807, 2.05) is 0 Å². The average molecular weight is 230 g/mol. The van der Waals surface area contributed by atoms with Gasteiger partial charge in [-0.3, -0.25) is 0 Å². The second kappa shape index (κ2) is 5.19. The lowest BCUT2D eigenvalue weighted by molar-refractivity contribution is 0.414. The van der Waals surface area contributed by atoms with Crippen LogP contribution < -0.4 is 10.6 Å². The van der Waals surface area contributed by atoms with Gasteiger partial charge in [0.15, 0.2) is 0 Å². The van der Waals surface area contributed by atoms with Gasteiger partial charge < -0.3 is 10.6 Å². The molecule has 17 heavy (non-hydrogen) atoms. The van der Waals surface area contributed by atoms with Gasteiger partial charge in [-0.1, -0.05) is 37.1 Å². The highest BCUT2D eigenvalue weighted by Gasteiger charge is 2.20. The predicted molar refractivity (Wildman–Crippen MR) is 71.0 cm³/mol. The molecule has 1 fully saturated rings. The molecule has 0 radical (unpaired) electrons. The van der Waals surface area contributed by atoms with Crippen LogP contribution in [-0.2, 0) is 13.0 Å². The van der Waals surface area contributed by atoms with E-state index < -0.39 is 0 Å². The molecule has 3 rings (SSSR count). The van der Waals surface area contributed by atoms with Crippen molar-refractivity contribution in [2.24, 2.45) is 0 Å². The van der Waals surface area contributed by atoms with Crippen molar-refractivity contribution in [3.8, 4) is 0 Å². The summed E-state index contributed by atoms with van der Waals surface area (Å²) in [6.07, 6.45) is 6.76. The summed E-state index contributed by atoms with van der Waals surface area (Å²) in [4.78, 5) is 0. The molecule has 1 unspecified atom stereocenters. The molecule has 1 saturated carbocycles. The van der Waals surface area contributed by atoms with Crippen molar-refractivity contribution in [3.05, 3.63) is 35.4 Å². The molecular formula is C15H22N2. The molecule has 0 amide bonds. The van der Waals surface area contributed by atoms with Gasteiger partial charge in [0.05, 0.1) is 0 Å². The number of fused-ring (bicyclic) bond motifs is 1. The Kier molecular flexibility index (Phi) is 3.44. The Morgan fingerprint density at radius 3 is 2.71 bits per heavy atom. The van der Waals surface area contributed by atoms with Crippen LogP contribution in [0, 0.1) is 0 Å². The zero-order valence-electron chi connectivity index (χ0n) is 10.4. The number of hydrogen-bond donors (Lipinski definition) is 2. The van der Waals surface area contributed by atoms with Crippen LogP contribution in [0.4, 0.5) is 0 Å². The van der Waals surface area contributed by atoms with Gasteiger partial charge in [-0.15, -0.1) is 0 Å². The molecule has 0 saturated heterocycles. The highest BCUT2D eigenvalue weighted by molar-refractivity contribution is 5.29. The van der Waals surface area contributed by atoms with Crippen molar-refractivity contribution in [2.45, 2.75) is 50.7 Å². The highest BCUT2D eigenvalue weighted by Crippen LogP contribution is 2.19. The van der Waals surface area contributed by atoms with E-state index in [1.54, 1.807) is 0 Å². The third kappa shape index (κ3) is 2.70. The van der Waals surface area contributed by atoms with E-state index >= 15 is 0 Å². The molecule has 1 aliphatic heterocycles. The molecule has 92 valence electrons. The topological polar surface area (TPSA) is 24.1 Å². The summed E-state index contributed by atoms with van der Waals surface area (Å²) in [5.41, 5.74) is 3.01. The molecule has 1 aromatic carbocycles. The Hall–Kier alpha value is -0.860. The molecule has 2 aliphatic rings. The summed E-state index contributed by atoms with van der Waals surface area (Å²) in [6.45, 7) is 2.16. The smallest absolute Gasteiger partial charge is 0.0236 e. The zero-order valence-corrected chi connectivity index (χ0v) is 10.4. The molecule has 0 bridgehead atoms. The molecule has 0 aromatic heterocycles. The lowest BCUT2D eigenvalue weighted by Gasteiger charge is -2.27. The fourth-order valence-electron chi connectivity index (χ4n) is 3.10. The molecule has 2 heteroatoms. The van der Waals surface area contributed by atoms with Crippen molar-refractivity contribution in [1.82, 2.24) is 10.6 Å². The van der Waals surface area contributed by atoms with Crippen LogP contribution in [0.5, 0.6) is 0 Å². The van der Waals surface area contributed by atoms with Gasteiger partial charge in [-0.05, 0) is 30.4 Å². The standard InChI is InChI=1S/C15H22N2/c1-2-6-13-10-16-15(9-12(13)5-1)11-17-14-7-3-4-8-14/h1-2,5-6,14-17H,3-4,7-11H2. The monoisotopic (exact) mass is 230 g/mol. The summed E-state index contributed by atoms with van der Waals surface area (Å²) >= 11 is 0. The van der Waals surface area contributed by atoms with Crippen LogP contribution in [0.3, 0.4) is 0 Å². The first-order chi connectivity index (χ1) is 8.42. The second-order valence-corrected chi connectivity index (χ2v) is 5.44. The normalized spacial score (nSPS) is 24.8. The zero-order chi connectivity index (χ0) is 11.5. The van der Waals surface area contributed by atoms with Crippen molar-refractivity contribution >= 4 is 0 Å². The molecule has 0 spiro atoms. The number of nitrogens with one attached hydrogen (secondary N) is 2. The Labute approximate surface area is 104 Å². The van der Waals surface area contributed by atoms with Crippen LogP contribution in [0.1, 0.15) is 36.8 Å². The van der Waals surface area contributed by atoms with Crippen molar-refractivity contribution in [1.29, 1.82) is 0 Å². The van der Waals surface area contributed by atoms with Gasteiger partial charge in [-0.25, -0.2) is 0 Å². The minimum atomic E-state index is 0.616. The lowest BCUT2D eigenvalue weighted by atomic mass is 9.96. The van der Waals surface area contributed by atoms with E-state index in [0.29, 0.717) is 6.04 Å². The Balaban J connectivity index is 1.53. The van der Waals surface area contributed by atoms with Crippen molar-refractivity contribution in [2.75, 3.05) is 6.54 Å². The molecule has 2 N–H and O–H groups in total. The third-order valence-electron chi connectivity index (χ3n) is 4.17. The number of benzene rings is 1. The van der Waals surface area contributed by atoms with Gasteiger partial charge in [-0.2, -0.15) is 0 Å². The van der Waals surface area contributed by atoms with E-state index in [0.717, 1.165) is 19.1 Å². The van der Waals surface area contributed by atoms with Crippen LogP contribution in [0.25, 0.3) is 0 Å². The first-order valence-electron chi connectivity index (χ1n) is 6.95. The fourth-order valence-corrected chi connectivity index (χ4v) is 3.10. The lowest BCUT2D eigenvalue weighted by Crippen LogP contribution is -2.45. The predicted octanol–water partition coefficient (Wildman–Crippen LogP) is 2.23. The summed E-state index contributed by atoms with van der Waals surface area (Å²) < 4.78 is 0. The van der Waals surface area contributed by atoms with E-state index in [1.165, 1.54) is 43.2 Å². The minimum Gasteiger partial charge on any atom is -0.312 e. The molecule has 1 aromatic rings. The van der Waals surface area contributed by atoms with Gasteiger partial charge in [0.1, 0.15) is 0 Å². The first kappa shape index (κ1) is 11.2. The SMILES string of the molecule is c1ccc2c(c1)CNC(CNC1CCCC1)C2. The van der Waals surface area contributed by atoms with Crippen LogP contribution in [0.2, 0.25) is 0 Å². The van der Waals surface area contributed by atoms with E-state index in [-0.39, 0.29) is 0 Å². The maximum Gasteiger partial charge on any atom is 0.0236 e. The molecule has 1 aliphatic carbocycles. The number of rotatable bonds is 3. The molecular weight excluding hydrogens is 208 g/mol. The third-order valence-corrected chi connectivity index (χ3v) is 4.17. The minimum absolute atomic E-state index is 0.616. The Morgan fingerprint density at radius 2 is 1.88 bits per heavy atom. The summed E-state index contributed by atoms with van der Waals surface area (Å²) in [7, 11) is 0.